The van der Waals surface area contributed by atoms with Crippen molar-refractivity contribution in [3.63, 3.8) is 0 Å². The maximum absolute atomic E-state index is 13.2. The van der Waals surface area contributed by atoms with E-state index in [0.717, 1.165) is 0 Å². The SMILES string of the molecule is CCOc1ccc(NC(=O)C[NH+](C)CC(=O)Nc2cccc(F)c2)cc1OCC. The number of quaternary nitrogens is 1. The molecule has 0 bridgehead atoms. The topological polar surface area (TPSA) is 81.1 Å². The Hall–Kier alpha value is -3.13. The second-order valence-corrected chi connectivity index (χ2v) is 6.44. The van der Waals surface area contributed by atoms with Crippen LogP contribution in [-0.4, -0.2) is 45.2 Å². The quantitative estimate of drug-likeness (QED) is 0.563. The van der Waals surface area contributed by atoms with Crippen LogP contribution in [0.4, 0.5) is 15.8 Å². The van der Waals surface area contributed by atoms with Gasteiger partial charge in [-0.15, -0.1) is 0 Å². The number of ether oxygens (including phenoxy) is 2. The van der Waals surface area contributed by atoms with Crippen molar-refractivity contribution in [2.75, 3.05) is 44.0 Å². The van der Waals surface area contributed by atoms with Crippen LogP contribution in [0.25, 0.3) is 0 Å². The number of likely N-dealkylation sites (N-methyl/N-ethyl adjacent to an activating group) is 1. The molecule has 2 amide bonds. The number of nitrogens with one attached hydrogen (secondary N) is 3. The summed E-state index contributed by atoms with van der Waals surface area (Å²) in [4.78, 5) is 25.1. The summed E-state index contributed by atoms with van der Waals surface area (Å²) in [7, 11) is 1.73. The summed E-state index contributed by atoms with van der Waals surface area (Å²) in [6.07, 6.45) is 0. The van der Waals surface area contributed by atoms with Gasteiger partial charge in [0.1, 0.15) is 5.82 Å². The van der Waals surface area contributed by atoms with Gasteiger partial charge < -0.3 is 25.0 Å². The van der Waals surface area contributed by atoms with Gasteiger partial charge in [-0.25, -0.2) is 4.39 Å². The van der Waals surface area contributed by atoms with Crippen LogP contribution in [0.2, 0.25) is 0 Å². The Labute approximate surface area is 169 Å². The standard InChI is InChI=1S/C21H26FN3O4/c1-4-28-18-10-9-17(12-19(18)29-5-2)24-21(27)14-25(3)13-20(26)23-16-8-6-7-15(22)11-16/h6-12H,4-5,13-14H2,1-3H3,(H,23,26)(H,24,27)/p+1. The molecule has 0 spiro atoms. The smallest absolute Gasteiger partial charge is 0.279 e. The van der Waals surface area contributed by atoms with Crippen LogP contribution in [0.1, 0.15) is 13.8 Å². The van der Waals surface area contributed by atoms with Crippen molar-refractivity contribution in [1.29, 1.82) is 0 Å². The van der Waals surface area contributed by atoms with Crippen molar-refractivity contribution >= 4 is 23.2 Å². The van der Waals surface area contributed by atoms with Crippen LogP contribution >= 0.6 is 0 Å². The van der Waals surface area contributed by atoms with Gasteiger partial charge in [0.05, 0.1) is 20.3 Å². The molecule has 0 fully saturated rings. The van der Waals surface area contributed by atoms with Crippen molar-refractivity contribution in [3.05, 3.63) is 48.3 Å². The van der Waals surface area contributed by atoms with Crippen LogP contribution in [0.15, 0.2) is 42.5 Å². The van der Waals surface area contributed by atoms with Crippen molar-refractivity contribution < 1.29 is 28.4 Å². The normalized spacial score (nSPS) is 11.4. The van der Waals surface area contributed by atoms with E-state index in [1.165, 1.54) is 18.2 Å². The highest BCUT2D eigenvalue weighted by atomic mass is 19.1. The molecule has 3 N–H and O–H groups in total. The van der Waals surface area contributed by atoms with E-state index in [9.17, 15) is 14.0 Å². The largest absolute Gasteiger partial charge is 0.490 e. The number of anilines is 2. The monoisotopic (exact) mass is 404 g/mol. The minimum absolute atomic E-state index is 0.0669. The van der Waals surface area contributed by atoms with Crippen molar-refractivity contribution in [2.45, 2.75) is 13.8 Å². The molecule has 7 nitrogen and oxygen atoms in total. The highest BCUT2D eigenvalue weighted by Crippen LogP contribution is 2.30. The lowest BCUT2D eigenvalue weighted by Crippen LogP contribution is -3.11. The summed E-state index contributed by atoms with van der Waals surface area (Å²) in [6, 6.07) is 10.8. The summed E-state index contributed by atoms with van der Waals surface area (Å²) in [6.45, 7) is 4.90. The van der Waals surface area contributed by atoms with E-state index in [2.05, 4.69) is 10.6 Å². The van der Waals surface area contributed by atoms with E-state index in [1.54, 1.807) is 31.3 Å². The Morgan fingerprint density at radius 1 is 0.897 bits per heavy atom. The molecule has 0 aromatic heterocycles. The van der Waals surface area contributed by atoms with Crippen LogP contribution < -0.4 is 25.0 Å². The van der Waals surface area contributed by atoms with Crippen molar-refractivity contribution in [3.8, 4) is 11.5 Å². The maximum Gasteiger partial charge on any atom is 0.279 e. The molecule has 2 aromatic rings. The van der Waals surface area contributed by atoms with Crippen molar-refractivity contribution in [1.82, 2.24) is 0 Å². The average Bonchev–Trinajstić information content (AvgIpc) is 2.63. The number of carbonyl (C=O) groups excluding carboxylic acids is 2. The van der Waals surface area contributed by atoms with Gasteiger partial charge in [-0.2, -0.15) is 0 Å². The summed E-state index contributed by atoms with van der Waals surface area (Å²) in [5, 5.41) is 5.41. The minimum atomic E-state index is -0.426. The van der Waals surface area contributed by atoms with E-state index in [0.29, 0.717) is 41.0 Å². The molecule has 0 radical (unpaired) electrons. The summed E-state index contributed by atoms with van der Waals surface area (Å²) in [5.74, 6) is 0.198. The van der Waals surface area contributed by atoms with Crippen LogP contribution in [0, 0.1) is 5.82 Å². The molecule has 2 rings (SSSR count). The Balaban J connectivity index is 1.87. The zero-order valence-electron chi connectivity index (χ0n) is 16.9. The Kier molecular flexibility index (Phi) is 8.42. The Bertz CT molecular complexity index is 844. The zero-order valence-corrected chi connectivity index (χ0v) is 16.9. The third-order valence-electron chi connectivity index (χ3n) is 3.86. The first kappa shape index (κ1) is 22.2. The fourth-order valence-electron chi connectivity index (χ4n) is 2.72. The molecule has 1 unspecified atom stereocenters. The highest BCUT2D eigenvalue weighted by Gasteiger charge is 2.15. The predicted molar refractivity (Wildman–Crippen MR) is 109 cm³/mol. The van der Waals surface area contributed by atoms with Gasteiger partial charge in [-0.1, -0.05) is 6.07 Å². The summed E-state index contributed by atoms with van der Waals surface area (Å²) >= 11 is 0. The number of hydrogen-bond acceptors (Lipinski definition) is 4. The molecule has 0 aliphatic rings. The molecule has 0 saturated heterocycles. The molecular weight excluding hydrogens is 377 g/mol. The third-order valence-corrected chi connectivity index (χ3v) is 3.86. The average molecular weight is 404 g/mol. The molecule has 0 aliphatic carbocycles. The fraction of sp³-hybridized carbons (Fsp3) is 0.333. The lowest BCUT2D eigenvalue weighted by Gasteiger charge is -2.15. The zero-order chi connectivity index (χ0) is 21.2. The molecule has 0 saturated carbocycles. The molecule has 1 atom stereocenters. The first-order valence-electron chi connectivity index (χ1n) is 9.47. The molecule has 29 heavy (non-hydrogen) atoms. The van der Waals surface area contributed by atoms with Gasteiger partial charge in [0.25, 0.3) is 11.8 Å². The maximum atomic E-state index is 13.2. The molecule has 2 aromatic carbocycles. The van der Waals surface area contributed by atoms with Gasteiger partial charge in [0.15, 0.2) is 24.6 Å². The van der Waals surface area contributed by atoms with E-state index in [-0.39, 0.29) is 24.9 Å². The highest BCUT2D eigenvalue weighted by molar-refractivity contribution is 5.93. The predicted octanol–water partition coefficient (Wildman–Crippen LogP) is 1.72. The van der Waals surface area contributed by atoms with E-state index in [1.807, 2.05) is 13.8 Å². The molecule has 156 valence electrons. The first-order chi connectivity index (χ1) is 13.9. The Morgan fingerprint density at radius 3 is 2.07 bits per heavy atom. The molecule has 8 heteroatoms. The van der Waals surface area contributed by atoms with Gasteiger partial charge in [-0.05, 0) is 44.2 Å². The second-order valence-electron chi connectivity index (χ2n) is 6.44. The fourth-order valence-corrected chi connectivity index (χ4v) is 2.72. The van der Waals surface area contributed by atoms with Crippen molar-refractivity contribution in [2.24, 2.45) is 0 Å². The number of amides is 2. The number of carbonyl (C=O) groups is 2. The number of benzene rings is 2. The van der Waals surface area contributed by atoms with E-state index >= 15 is 0 Å². The van der Waals surface area contributed by atoms with Gasteiger partial charge in [0.2, 0.25) is 0 Å². The second kappa shape index (κ2) is 11.0. The van der Waals surface area contributed by atoms with Gasteiger partial charge in [0, 0.05) is 17.4 Å². The summed E-state index contributed by atoms with van der Waals surface area (Å²) < 4.78 is 24.2. The molecule has 0 heterocycles. The van der Waals surface area contributed by atoms with Crippen LogP contribution in [-0.2, 0) is 9.59 Å². The number of hydrogen-bond donors (Lipinski definition) is 3. The lowest BCUT2D eigenvalue weighted by atomic mass is 10.2. The van der Waals surface area contributed by atoms with Gasteiger partial charge in [-0.3, -0.25) is 9.59 Å². The summed E-state index contributed by atoms with van der Waals surface area (Å²) in [5.41, 5.74) is 0.962. The Morgan fingerprint density at radius 2 is 1.48 bits per heavy atom. The number of halogens is 1. The first-order valence-corrected chi connectivity index (χ1v) is 9.47. The van der Waals surface area contributed by atoms with Crippen LogP contribution in [0.3, 0.4) is 0 Å². The molecular formula is C21H27FN3O4+. The third kappa shape index (κ3) is 7.42. The number of rotatable bonds is 10. The van der Waals surface area contributed by atoms with E-state index < -0.39 is 5.82 Å². The van der Waals surface area contributed by atoms with Crippen LogP contribution in [0.5, 0.6) is 11.5 Å². The minimum Gasteiger partial charge on any atom is -0.490 e. The lowest BCUT2D eigenvalue weighted by molar-refractivity contribution is -0.862. The van der Waals surface area contributed by atoms with Gasteiger partial charge >= 0.3 is 0 Å². The van der Waals surface area contributed by atoms with E-state index in [4.69, 9.17) is 9.47 Å². The molecule has 0 aliphatic heterocycles.